The number of amides is 2. The minimum Gasteiger partial charge on any atom is -0.504 e. The molecule has 0 heterocycles. The van der Waals surface area contributed by atoms with Crippen LogP contribution in [-0.2, 0) is 12.8 Å². The first-order valence-corrected chi connectivity index (χ1v) is 6.55. The van der Waals surface area contributed by atoms with Crippen molar-refractivity contribution in [3.63, 3.8) is 0 Å². The fraction of sp³-hybridized carbons (Fsp3) is 0.429. The molecule has 0 aliphatic heterocycles. The van der Waals surface area contributed by atoms with E-state index in [2.05, 4.69) is 0 Å². The zero-order valence-electron chi connectivity index (χ0n) is 11.7. The van der Waals surface area contributed by atoms with E-state index in [1.54, 1.807) is 0 Å². The van der Waals surface area contributed by atoms with Gasteiger partial charge in [-0.05, 0) is 24.0 Å². The third kappa shape index (κ3) is 2.68. The van der Waals surface area contributed by atoms with Crippen LogP contribution in [-0.4, -0.2) is 22.0 Å². The summed E-state index contributed by atoms with van der Waals surface area (Å²) in [7, 11) is 0. The highest BCUT2D eigenvalue weighted by Crippen LogP contribution is 2.39. The molecule has 1 aromatic carbocycles. The number of phenols is 2. The molecule has 0 atom stereocenters. The summed E-state index contributed by atoms with van der Waals surface area (Å²) < 4.78 is 0. The molecule has 0 aliphatic rings. The lowest BCUT2D eigenvalue weighted by molar-refractivity contribution is 0.0980. The first-order valence-electron chi connectivity index (χ1n) is 6.55. The lowest BCUT2D eigenvalue weighted by atomic mass is 9.88. The molecule has 0 unspecified atom stereocenters. The van der Waals surface area contributed by atoms with Crippen LogP contribution in [0.25, 0.3) is 0 Å². The Kier molecular flexibility index (Phi) is 4.96. The molecular weight excluding hydrogens is 260 g/mol. The number of aromatic hydroxyl groups is 2. The summed E-state index contributed by atoms with van der Waals surface area (Å²) in [6, 6.07) is 0. The zero-order valence-corrected chi connectivity index (χ0v) is 11.7. The van der Waals surface area contributed by atoms with Crippen molar-refractivity contribution in [2.45, 2.75) is 39.5 Å². The number of hydrogen-bond donors (Lipinski definition) is 4. The highest BCUT2D eigenvalue weighted by Gasteiger charge is 2.27. The fourth-order valence-corrected chi connectivity index (χ4v) is 2.41. The van der Waals surface area contributed by atoms with Gasteiger partial charge in [0.15, 0.2) is 11.5 Å². The smallest absolute Gasteiger partial charge is 0.252 e. The van der Waals surface area contributed by atoms with Gasteiger partial charge in [-0.15, -0.1) is 0 Å². The number of carbonyl (C=O) groups is 2. The monoisotopic (exact) mass is 280 g/mol. The van der Waals surface area contributed by atoms with Crippen molar-refractivity contribution < 1.29 is 19.8 Å². The number of benzene rings is 1. The van der Waals surface area contributed by atoms with E-state index in [-0.39, 0.29) is 11.1 Å². The predicted octanol–water partition coefficient (Wildman–Crippen LogP) is 1.20. The number of rotatable bonds is 6. The summed E-state index contributed by atoms with van der Waals surface area (Å²) in [5, 5.41) is 19.9. The number of hydrogen-bond acceptors (Lipinski definition) is 4. The van der Waals surface area contributed by atoms with Crippen LogP contribution < -0.4 is 11.5 Å². The van der Waals surface area contributed by atoms with Gasteiger partial charge in [0, 0.05) is 0 Å². The average Bonchev–Trinajstić information content (AvgIpc) is 2.35. The van der Waals surface area contributed by atoms with Gasteiger partial charge in [0.25, 0.3) is 11.8 Å². The van der Waals surface area contributed by atoms with E-state index in [9.17, 15) is 19.8 Å². The van der Waals surface area contributed by atoms with E-state index in [1.807, 2.05) is 13.8 Å². The van der Waals surface area contributed by atoms with Gasteiger partial charge in [-0.25, -0.2) is 0 Å². The summed E-state index contributed by atoms with van der Waals surface area (Å²) in [5.74, 6) is -3.02. The van der Waals surface area contributed by atoms with Crippen molar-refractivity contribution in [1.29, 1.82) is 0 Å². The standard InChI is InChI=1S/C14H20N2O4/c1-3-5-7-8(6-4-2)10(14(16)20)12(18)11(17)9(7)13(15)19/h17-18H,3-6H2,1-2H3,(H2,15,19)(H2,16,20). The molecule has 0 spiro atoms. The van der Waals surface area contributed by atoms with Crippen molar-refractivity contribution in [2.24, 2.45) is 11.5 Å². The number of primary amides is 2. The Hall–Kier alpha value is -2.24. The quantitative estimate of drug-likeness (QED) is 0.584. The van der Waals surface area contributed by atoms with Gasteiger partial charge < -0.3 is 21.7 Å². The van der Waals surface area contributed by atoms with Gasteiger partial charge in [-0.3, -0.25) is 9.59 Å². The van der Waals surface area contributed by atoms with Gasteiger partial charge in [-0.1, -0.05) is 26.7 Å². The highest BCUT2D eigenvalue weighted by molar-refractivity contribution is 6.04. The highest BCUT2D eigenvalue weighted by atomic mass is 16.3. The molecule has 0 bridgehead atoms. The topological polar surface area (TPSA) is 127 Å². The molecule has 2 amide bonds. The van der Waals surface area contributed by atoms with Gasteiger partial charge in [0.2, 0.25) is 0 Å². The second-order valence-corrected chi connectivity index (χ2v) is 4.63. The Bertz CT molecular complexity index is 504. The van der Waals surface area contributed by atoms with Crippen molar-refractivity contribution in [1.82, 2.24) is 0 Å². The molecule has 1 rings (SSSR count). The second kappa shape index (κ2) is 6.27. The lowest BCUT2D eigenvalue weighted by Gasteiger charge is -2.18. The maximum Gasteiger partial charge on any atom is 0.252 e. The van der Waals surface area contributed by atoms with Crippen molar-refractivity contribution in [2.75, 3.05) is 0 Å². The molecule has 20 heavy (non-hydrogen) atoms. The van der Waals surface area contributed by atoms with Crippen LogP contribution in [0, 0.1) is 0 Å². The molecule has 1 aromatic rings. The van der Waals surface area contributed by atoms with E-state index in [1.165, 1.54) is 0 Å². The minimum atomic E-state index is -0.838. The first-order chi connectivity index (χ1) is 9.36. The van der Waals surface area contributed by atoms with Crippen molar-refractivity contribution >= 4 is 11.8 Å². The van der Waals surface area contributed by atoms with Crippen LogP contribution in [0.2, 0.25) is 0 Å². The summed E-state index contributed by atoms with van der Waals surface area (Å²) in [6.07, 6.45) is 2.31. The van der Waals surface area contributed by atoms with Gasteiger partial charge in [-0.2, -0.15) is 0 Å². The summed E-state index contributed by atoms with van der Waals surface area (Å²) >= 11 is 0. The molecule has 0 saturated carbocycles. The number of carbonyl (C=O) groups excluding carboxylic acids is 2. The molecule has 6 N–H and O–H groups in total. The molecule has 6 nitrogen and oxygen atoms in total. The number of nitrogens with two attached hydrogens (primary N) is 2. The SMILES string of the molecule is CCCc1c(CCC)c(C(N)=O)c(O)c(O)c1C(N)=O. The van der Waals surface area contributed by atoms with Crippen LogP contribution in [0.3, 0.4) is 0 Å². The third-order valence-electron chi connectivity index (χ3n) is 3.16. The Labute approximate surface area is 117 Å². The lowest BCUT2D eigenvalue weighted by Crippen LogP contribution is -2.21. The van der Waals surface area contributed by atoms with E-state index in [0.717, 1.165) is 0 Å². The molecule has 0 aliphatic carbocycles. The van der Waals surface area contributed by atoms with Crippen LogP contribution in [0.4, 0.5) is 0 Å². The van der Waals surface area contributed by atoms with Crippen LogP contribution >= 0.6 is 0 Å². The summed E-state index contributed by atoms with van der Waals surface area (Å²) in [5.41, 5.74) is 11.3. The molecular formula is C14H20N2O4. The van der Waals surface area contributed by atoms with E-state index in [4.69, 9.17) is 11.5 Å². The Morgan fingerprint density at radius 2 is 1.15 bits per heavy atom. The predicted molar refractivity (Wildman–Crippen MR) is 74.8 cm³/mol. The maximum absolute atomic E-state index is 11.5. The summed E-state index contributed by atoms with van der Waals surface area (Å²) in [4.78, 5) is 23.1. The largest absolute Gasteiger partial charge is 0.504 e. The molecule has 0 fully saturated rings. The fourth-order valence-electron chi connectivity index (χ4n) is 2.41. The third-order valence-corrected chi connectivity index (χ3v) is 3.16. The molecule has 110 valence electrons. The Balaban J connectivity index is 3.81. The second-order valence-electron chi connectivity index (χ2n) is 4.63. The molecule has 0 saturated heterocycles. The molecule has 0 aromatic heterocycles. The summed E-state index contributed by atoms with van der Waals surface area (Å²) in [6.45, 7) is 3.79. The average molecular weight is 280 g/mol. The van der Waals surface area contributed by atoms with Crippen molar-refractivity contribution in [3.05, 3.63) is 22.3 Å². The van der Waals surface area contributed by atoms with Gasteiger partial charge in [0.05, 0.1) is 11.1 Å². The van der Waals surface area contributed by atoms with Gasteiger partial charge in [0.1, 0.15) is 0 Å². The molecule has 6 heteroatoms. The normalized spacial score (nSPS) is 10.5. The van der Waals surface area contributed by atoms with E-state index < -0.39 is 23.3 Å². The minimum absolute atomic E-state index is 0.127. The maximum atomic E-state index is 11.5. The Morgan fingerprint density at radius 3 is 1.35 bits per heavy atom. The van der Waals surface area contributed by atoms with Crippen LogP contribution in [0.15, 0.2) is 0 Å². The van der Waals surface area contributed by atoms with E-state index in [0.29, 0.717) is 36.8 Å². The Morgan fingerprint density at radius 1 is 0.850 bits per heavy atom. The molecule has 0 radical (unpaired) electrons. The zero-order chi connectivity index (χ0) is 15.4. The van der Waals surface area contributed by atoms with Crippen LogP contribution in [0.5, 0.6) is 11.5 Å². The van der Waals surface area contributed by atoms with Crippen molar-refractivity contribution in [3.8, 4) is 11.5 Å². The first kappa shape index (κ1) is 15.8. The van der Waals surface area contributed by atoms with E-state index >= 15 is 0 Å². The van der Waals surface area contributed by atoms with Crippen LogP contribution in [0.1, 0.15) is 58.5 Å². The van der Waals surface area contributed by atoms with Gasteiger partial charge >= 0.3 is 0 Å².